The molecule has 4 rings (SSSR count). The fourth-order valence-corrected chi connectivity index (χ4v) is 6.50. The molecule has 220 valence electrons. The zero-order valence-electron chi connectivity index (χ0n) is 23.1. The van der Waals surface area contributed by atoms with Gasteiger partial charge >= 0.3 is 6.18 Å². The minimum absolute atomic E-state index is 0.0158. The number of likely N-dealkylation sites (N-methyl/N-ethyl adjacent to an activating group) is 1. The van der Waals surface area contributed by atoms with Gasteiger partial charge in [-0.05, 0) is 83.1 Å². The Balaban J connectivity index is 1.31. The molecule has 3 aliphatic heterocycles. The van der Waals surface area contributed by atoms with Crippen LogP contribution in [0.4, 0.5) is 13.2 Å². The van der Waals surface area contributed by atoms with Crippen molar-refractivity contribution < 1.29 is 22.7 Å². The molecule has 0 radical (unpaired) electrons. The summed E-state index contributed by atoms with van der Waals surface area (Å²) in [5, 5.41) is 20.2. The fraction of sp³-hybridized carbons (Fsp3) is 0.962. The standard InChI is InChI=1S/C26H48F3N7O2/c1-4-36(5-2)15-21-35-22(23(38-21)26(27,28)29)24(37)32-18-9-8-16(3)20(13-18)34-25-31-12-10-19(33-25)17-7-6-11-30-14-17/h16-23,25,30-31,33-35H,4-15H2,1-3H3,(H,32,37). The largest absolute Gasteiger partial charge is 0.416 e. The maximum absolute atomic E-state index is 13.8. The summed E-state index contributed by atoms with van der Waals surface area (Å²) in [6, 6.07) is -1.04. The summed E-state index contributed by atoms with van der Waals surface area (Å²) < 4.78 is 46.6. The normalized spacial score (nSPS) is 38.9. The van der Waals surface area contributed by atoms with Crippen molar-refractivity contribution in [1.29, 1.82) is 0 Å². The van der Waals surface area contributed by atoms with Crippen LogP contribution in [0.25, 0.3) is 0 Å². The van der Waals surface area contributed by atoms with Crippen molar-refractivity contribution in [3.05, 3.63) is 0 Å². The van der Waals surface area contributed by atoms with E-state index in [2.05, 4.69) is 38.8 Å². The SMILES string of the molecule is CCN(CC)CC1NC(C(=O)NC2CCC(C)C(NC3NCCC(C4CCCNC4)N3)C2)C(C(F)(F)F)O1. The Hall–Kier alpha value is -1.02. The molecule has 3 heterocycles. The molecule has 9 atom stereocenters. The van der Waals surface area contributed by atoms with E-state index in [0.29, 0.717) is 43.9 Å². The highest BCUT2D eigenvalue weighted by Crippen LogP contribution is 2.31. The lowest BCUT2D eigenvalue weighted by Crippen LogP contribution is -2.66. The van der Waals surface area contributed by atoms with Crippen molar-refractivity contribution in [2.24, 2.45) is 11.8 Å². The van der Waals surface area contributed by atoms with E-state index in [-0.39, 0.29) is 18.4 Å². The quantitative estimate of drug-likeness (QED) is 0.255. The molecule has 0 spiro atoms. The summed E-state index contributed by atoms with van der Waals surface area (Å²) in [4.78, 5) is 15.1. The van der Waals surface area contributed by atoms with Gasteiger partial charge in [-0.2, -0.15) is 13.2 Å². The number of rotatable bonds is 9. The molecule has 0 bridgehead atoms. The van der Waals surface area contributed by atoms with Crippen LogP contribution in [0.15, 0.2) is 0 Å². The van der Waals surface area contributed by atoms with Gasteiger partial charge in [0.2, 0.25) is 5.91 Å². The molecule has 1 amide bonds. The van der Waals surface area contributed by atoms with E-state index in [1.165, 1.54) is 12.8 Å². The number of hydrogen-bond acceptors (Lipinski definition) is 8. The van der Waals surface area contributed by atoms with E-state index < -0.39 is 30.5 Å². The Labute approximate surface area is 225 Å². The number of hydrogen-bond donors (Lipinski definition) is 6. The van der Waals surface area contributed by atoms with E-state index >= 15 is 0 Å². The fourth-order valence-electron chi connectivity index (χ4n) is 6.50. The molecule has 1 saturated carbocycles. The third-order valence-electron chi connectivity index (χ3n) is 8.91. The van der Waals surface area contributed by atoms with Crippen LogP contribution in [-0.4, -0.2) is 99.0 Å². The van der Waals surface area contributed by atoms with Crippen molar-refractivity contribution >= 4 is 5.91 Å². The number of piperidine rings is 1. The molecule has 3 saturated heterocycles. The first-order valence-electron chi connectivity index (χ1n) is 14.6. The van der Waals surface area contributed by atoms with Crippen LogP contribution in [0.1, 0.15) is 59.3 Å². The molecule has 12 heteroatoms. The minimum atomic E-state index is -4.62. The molecule has 0 aromatic heterocycles. The smallest absolute Gasteiger partial charge is 0.352 e. The van der Waals surface area contributed by atoms with Crippen molar-refractivity contribution in [2.45, 2.75) is 108 Å². The van der Waals surface area contributed by atoms with Crippen molar-refractivity contribution in [2.75, 3.05) is 39.3 Å². The van der Waals surface area contributed by atoms with Gasteiger partial charge in [-0.1, -0.05) is 20.8 Å². The lowest BCUT2D eigenvalue weighted by Gasteiger charge is -2.43. The lowest BCUT2D eigenvalue weighted by molar-refractivity contribution is -0.218. The van der Waals surface area contributed by atoms with E-state index in [1.807, 2.05) is 18.7 Å². The number of halogens is 3. The number of ether oxygens (including phenoxy) is 1. The van der Waals surface area contributed by atoms with Crippen molar-refractivity contribution in [3.63, 3.8) is 0 Å². The number of nitrogens with zero attached hydrogens (tertiary/aromatic N) is 1. The van der Waals surface area contributed by atoms with Gasteiger partial charge in [0.25, 0.3) is 0 Å². The molecule has 0 aromatic rings. The van der Waals surface area contributed by atoms with Gasteiger partial charge in [0.05, 0.1) is 0 Å². The summed E-state index contributed by atoms with van der Waals surface area (Å²) in [7, 11) is 0. The highest BCUT2D eigenvalue weighted by atomic mass is 19.4. The second-order valence-corrected chi connectivity index (χ2v) is 11.5. The van der Waals surface area contributed by atoms with Gasteiger partial charge in [0.1, 0.15) is 18.6 Å². The Bertz CT molecular complexity index is 751. The summed E-state index contributed by atoms with van der Waals surface area (Å²) in [6.45, 7) is 10.9. The topological polar surface area (TPSA) is 102 Å². The van der Waals surface area contributed by atoms with Crippen LogP contribution in [0, 0.1) is 11.8 Å². The van der Waals surface area contributed by atoms with Crippen LogP contribution in [0.2, 0.25) is 0 Å². The van der Waals surface area contributed by atoms with Crippen LogP contribution in [-0.2, 0) is 9.53 Å². The van der Waals surface area contributed by atoms with Crippen LogP contribution < -0.4 is 31.9 Å². The van der Waals surface area contributed by atoms with E-state index in [0.717, 1.165) is 38.9 Å². The minimum Gasteiger partial charge on any atom is -0.352 e. The highest BCUT2D eigenvalue weighted by molar-refractivity contribution is 5.83. The van der Waals surface area contributed by atoms with Crippen LogP contribution >= 0.6 is 0 Å². The Morgan fingerprint density at radius 3 is 2.55 bits per heavy atom. The van der Waals surface area contributed by atoms with Crippen LogP contribution in [0.5, 0.6) is 0 Å². The number of amides is 1. The predicted molar refractivity (Wildman–Crippen MR) is 140 cm³/mol. The molecule has 0 aromatic carbocycles. The first-order chi connectivity index (χ1) is 18.2. The van der Waals surface area contributed by atoms with Gasteiger partial charge < -0.3 is 15.4 Å². The highest BCUT2D eigenvalue weighted by Gasteiger charge is 2.54. The lowest BCUT2D eigenvalue weighted by atomic mass is 9.82. The molecule has 9 unspecified atom stereocenters. The Morgan fingerprint density at radius 1 is 1.08 bits per heavy atom. The molecule has 4 aliphatic rings. The summed E-state index contributed by atoms with van der Waals surface area (Å²) in [6.07, 6.45) is -1.77. The molecule has 4 fully saturated rings. The Kier molecular flexibility index (Phi) is 10.7. The average Bonchev–Trinajstić information content (AvgIpc) is 3.35. The van der Waals surface area contributed by atoms with Gasteiger partial charge in [-0.25, -0.2) is 0 Å². The summed E-state index contributed by atoms with van der Waals surface area (Å²) in [5.74, 6) is 0.392. The Morgan fingerprint density at radius 2 is 1.87 bits per heavy atom. The number of alkyl halides is 3. The predicted octanol–water partition coefficient (Wildman–Crippen LogP) is 1.07. The second-order valence-electron chi connectivity index (χ2n) is 11.5. The molecule has 1 aliphatic carbocycles. The van der Waals surface area contributed by atoms with Gasteiger partial charge in [-0.15, -0.1) is 0 Å². The van der Waals surface area contributed by atoms with Gasteiger partial charge in [-0.3, -0.25) is 31.0 Å². The molecular weight excluding hydrogens is 499 g/mol. The summed E-state index contributed by atoms with van der Waals surface area (Å²) >= 11 is 0. The first-order valence-corrected chi connectivity index (χ1v) is 14.6. The maximum atomic E-state index is 13.8. The molecule has 6 N–H and O–H groups in total. The van der Waals surface area contributed by atoms with Crippen molar-refractivity contribution in [1.82, 2.24) is 36.8 Å². The average molecular weight is 548 g/mol. The third kappa shape index (κ3) is 7.80. The second kappa shape index (κ2) is 13.6. The molecule has 38 heavy (non-hydrogen) atoms. The van der Waals surface area contributed by atoms with E-state index in [4.69, 9.17) is 4.74 Å². The zero-order valence-corrected chi connectivity index (χ0v) is 23.1. The zero-order chi connectivity index (χ0) is 27.3. The van der Waals surface area contributed by atoms with E-state index in [9.17, 15) is 18.0 Å². The molecular formula is C26H48F3N7O2. The molecule has 9 nitrogen and oxygen atoms in total. The number of carbonyl (C=O) groups excluding carboxylic acids is 1. The monoisotopic (exact) mass is 547 g/mol. The third-order valence-corrected chi connectivity index (χ3v) is 8.91. The van der Waals surface area contributed by atoms with E-state index in [1.54, 1.807) is 0 Å². The number of carbonyl (C=O) groups is 1. The van der Waals surface area contributed by atoms with Crippen molar-refractivity contribution in [3.8, 4) is 0 Å². The van der Waals surface area contributed by atoms with Gasteiger partial charge in [0.15, 0.2) is 6.10 Å². The van der Waals surface area contributed by atoms with Crippen LogP contribution in [0.3, 0.4) is 0 Å². The maximum Gasteiger partial charge on any atom is 0.416 e. The number of nitrogens with one attached hydrogen (secondary N) is 6. The van der Waals surface area contributed by atoms with Gasteiger partial charge in [0, 0.05) is 24.7 Å². The summed E-state index contributed by atoms with van der Waals surface area (Å²) in [5.41, 5.74) is 0. The first kappa shape index (κ1) is 30.0.